The van der Waals surface area contributed by atoms with Gasteiger partial charge in [-0.3, -0.25) is 4.79 Å². The lowest BCUT2D eigenvalue weighted by Gasteiger charge is -2.28. The van der Waals surface area contributed by atoms with Gasteiger partial charge in [-0.15, -0.1) is 0 Å². The van der Waals surface area contributed by atoms with Gasteiger partial charge in [0.1, 0.15) is 24.5 Å². The Morgan fingerprint density at radius 1 is 1.25 bits per heavy atom. The van der Waals surface area contributed by atoms with Crippen LogP contribution in [0.2, 0.25) is 5.02 Å². The molecule has 2 aromatic carbocycles. The topological polar surface area (TPSA) is 182 Å². The fourth-order valence-electron chi connectivity index (χ4n) is 3.82. The van der Waals surface area contributed by atoms with Crippen LogP contribution in [0.5, 0.6) is 5.75 Å². The number of anilines is 1. The van der Waals surface area contributed by atoms with E-state index < -0.39 is 18.0 Å². The third-order valence-corrected chi connectivity index (χ3v) is 6.37. The van der Waals surface area contributed by atoms with E-state index >= 15 is 0 Å². The normalized spacial score (nSPS) is 15.2. The Morgan fingerprint density at radius 3 is 2.57 bits per heavy atom. The van der Waals surface area contributed by atoms with Gasteiger partial charge in [0, 0.05) is 59.9 Å². The molecular formula is C31H38ClN5O7. The van der Waals surface area contributed by atoms with Crippen molar-refractivity contribution in [3.05, 3.63) is 70.8 Å². The Bertz CT molecular complexity index is 1390. The predicted octanol–water partition coefficient (Wildman–Crippen LogP) is 3.48. The predicted molar refractivity (Wildman–Crippen MR) is 167 cm³/mol. The second-order valence-corrected chi connectivity index (χ2v) is 10.9. The van der Waals surface area contributed by atoms with Gasteiger partial charge in [0.2, 0.25) is 5.91 Å². The zero-order chi connectivity index (χ0) is 32.7. The third-order valence-electron chi connectivity index (χ3n) is 6.13. The summed E-state index contributed by atoms with van der Waals surface area (Å²) in [7, 11) is 0. The van der Waals surface area contributed by atoms with Crippen molar-refractivity contribution in [2.24, 2.45) is 11.0 Å². The highest BCUT2D eigenvalue weighted by molar-refractivity contribution is 6.30. The van der Waals surface area contributed by atoms with Gasteiger partial charge >= 0.3 is 11.9 Å². The molecule has 1 heterocycles. The second-order valence-electron chi connectivity index (χ2n) is 10.5. The summed E-state index contributed by atoms with van der Waals surface area (Å²) >= 11 is 5.96. The number of rotatable bonds is 13. The average Bonchev–Trinajstić information content (AvgIpc) is 2.98. The Balaban J connectivity index is 0.000000580. The van der Waals surface area contributed by atoms with Crippen LogP contribution in [-0.4, -0.2) is 71.7 Å². The molecule has 12 nitrogen and oxygen atoms in total. The molecule has 2 atom stereocenters. The lowest BCUT2D eigenvalue weighted by molar-refractivity contribution is -0.138. The number of hydrogen-bond acceptors (Lipinski definition) is 10. The minimum absolute atomic E-state index is 0.0375. The van der Waals surface area contributed by atoms with Crippen molar-refractivity contribution in [1.82, 2.24) is 10.7 Å². The number of carboxylic acids is 1. The first kappa shape index (κ1) is 35.8. The van der Waals surface area contributed by atoms with E-state index in [4.69, 9.17) is 26.7 Å². The number of β-amino-alcohol motifs (C(OH)–C–C–N with tert-alkyl or cyclic N) is 1. The van der Waals surface area contributed by atoms with Crippen LogP contribution in [0, 0.1) is 17.2 Å². The lowest BCUT2D eigenvalue weighted by atomic mass is 9.94. The Labute approximate surface area is 261 Å². The Morgan fingerprint density at radius 2 is 1.95 bits per heavy atom. The Kier molecular flexibility index (Phi) is 14.3. The number of aliphatic hydroxyl groups excluding tert-OH is 1. The number of amides is 1. The SMILES string of the molecule is CC1CC(=O)NN=C1c1ccc(NCC(C)(C)NCC(O)COc2cc(Cl)ccc2C#N)cc1.CCOC(=O)/C=C\C(=O)O. The molecule has 0 bridgehead atoms. The first-order valence-electron chi connectivity index (χ1n) is 13.9. The smallest absolute Gasteiger partial charge is 0.330 e. The van der Waals surface area contributed by atoms with Gasteiger partial charge in [0.25, 0.3) is 0 Å². The number of aliphatic hydroxyl groups is 1. The third kappa shape index (κ3) is 12.8. The van der Waals surface area contributed by atoms with E-state index in [0.717, 1.165) is 29.1 Å². The van der Waals surface area contributed by atoms with Crippen molar-refractivity contribution in [3.8, 4) is 11.8 Å². The minimum atomic E-state index is -1.16. The van der Waals surface area contributed by atoms with Gasteiger partial charge in [-0.25, -0.2) is 15.0 Å². The maximum absolute atomic E-state index is 11.4. The molecule has 0 saturated heterocycles. The molecule has 1 aliphatic rings. The van der Waals surface area contributed by atoms with E-state index in [2.05, 4.69) is 25.9 Å². The summed E-state index contributed by atoms with van der Waals surface area (Å²) in [5, 5.41) is 38.9. The van der Waals surface area contributed by atoms with Crippen molar-refractivity contribution >= 4 is 40.8 Å². The van der Waals surface area contributed by atoms with Gasteiger partial charge in [-0.05, 0) is 50.6 Å². The lowest BCUT2D eigenvalue weighted by Crippen LogP contribution is -2.49. The van der Waals surface area contributed by atoms with Crippen LogP contribution >= 0.6 is 11.6 Å². The minimum Gasteiger partial charge on any atom is -0.489 e. The molecule has 2 unspecified atom stereocenters. The van der Waals surface area contributed by atoms with E-state index in [1.165, 1.54) is 0 Å². The number of nitriles is 1. The molecule has 2 aromatic rings. The van der Waals surface area contributed by atoms with Crippen molar-refractivity contribution < 1.29 is 34.1 Å². The van der Waals surface area contributed by atoms with Crippen molar-refractivity contribution in [1.29, 1.82) is 5.26 Å². The molecule has 1 aliphatic heterocycles. The van der Waals surface area contributed by atoms with Gasteiger partial charge in [0.15, 0.2) is 0 Å². The molecule has 0 fully saturated rings. The number of nitrogens with one attached hydrogen (secondary N) is 3. The first-order chi connectivity index (χ1) is 20.8. The molecular weight excluding hydrogens is 590 g/mol. The summed E-state index contributed by atoms with van der Waals surface area (Å²) in [6.45, 7) is 8.95. The summed E-state index contributed by atoms with van der Waals surface area (Å²) in [4.78, 5) is 31.6. The van der Waals surface area contributed by atoms with Gasteiger partial charge < -0.3 is 30.3 Å². The van der Waals surface area contributed by atoms with Crippen LogP contribution in [0.4, 0.5) is 5.69 Å². The zero-order valence-corrected chi connectivity index (χ0v) is 25.9. The summed E-state index contributed by atoms with van der Waals surface area (Å²) in [6, 6.07) is 14.8. The highest BCUT2D eigenvalue weighted by Gasteiger charge is 2.22. The Hall–Kier alpha value is -4.44. The maximum Gasteiger partial charge on any atom is 0.330 e. The number of hydrogen-bond donors (Lipinski definition) is 5. The molecule has 5 N–H and O–H groups in total. The quantitative estimate of drug-likeness (QED) is 0.163. The number of aliphatic carboxylic acids is 1. The van der Waals surface area contributed by atoms with Crippen LogP contribution in [0.3, 0.4) is 0 Å². The van der Waals surface area contributed by atoms with Crippen LogP contribution < -0.4 is 20.8 Å². The molecule has 13 heteroatoms. The first-order valence-corrected chi connectivity index (χ1v) is 14.2. The molecule has 0 aliphatic carbocycles. The van der Waals surface area contributed by atoms with Crippen molar-refractivity contribution in [2.45, 2.75) is 45.8 Å². The van der Waals surface area contributed by atoms with Crippen molar-refractivity contribution in [3.63, 3.8) is 0 Å². The van der Waals surface area contributed by atoms with Crippen LogP contribution in [-0.2, 0) is 19.1 Å². The highest BCUT2D eigenvalue weighted by atomic mass is 35.5. The molecule has 1 amide bonds. The zero-order valence-electron chi connectivity index (χ0n) is 25.1. The number of esters is 1. The van der Waals surface area contributed by atoms with E-state index in [-0.39, 0.29) is 30.6 Å². The fourth-order valence-corrected chi connectivity index (χ4v) is 3.99. The maximum atomic E-state index is 11.4. The largest absolute Gasteiger partial charge is 0.489 e. The van der Waals surface area contributed by atoms with Gasteiger partial charge in [-0.2, -0.15) is 10.4 Å². The molecule has 44 heavy (non-hydrogen) atoms. The second kappa shape index (κ2) is 17.6. The molecule has 0 spiro atoms. The molecule has 3 rings (SSSR count). The fraction of sp³-hybridized carbons (Fsp3) is 0.387. The van der Waals surface area contributed by atoms with E-state index in [0.29, 0.717) is 35.8 Å². The number of carbonyl (C=O) groups excluding carboxylic acids is 2. The summed E-state index contributed by atoms with van der Waals surface area (Å²) in [5.41, 5.74) is 5.43. The van der Waals surface area contributed by atoms with Crippen LogP contribution in [0.15, 0.2) is 59.7 Å². The standard InChI is InChI=1S/C25H30ClN5O3.C6H8O4/c1-16-10-23(33)30-31-24(16)17-5-8-20(9-6-17)28-15-25(2,3)29-13-21(32)14-34-22-11-19(26)7-4-18(22)12-27;1-2-10-6(9)4-3-5(7)8/h4-9,11,16,21,28-29,32H,10,13-15H2,1-3H3,(H,30,33);3-4H,2H2,1H3,(H,7,8)/b;4-3-. The van der Waals surface area contributed by atoms with E-state index in [1.54, 1.807) is 25.1 Å². The average molecular weight is 628 g/mol. The van der Waals surface area contributed by atoms with Gasteiger partial charge in [0.05, 0.1) is 17.9 Å². The van der Waals surface area contributed by atoms with E-state index in [1.807, 2.05) is 51.1 Å². The number of ether oxygens (including phenoxy) is 2. The number of nitrogens with zero attached hydrogens (tertiary/aromatic N) is 2. The van der Waals surface area contributed by atoms with Gasteiger partial charge in [-0.1, -0.05) is 30.7 Å². The number of halogens is 1. The number of carboxylic acid groups (broad SMARTS) is 1. The molecule has 0 saturated carbocycles. The molecule has 0 aromatic heterocycles. The molecule has 0 radical (unpaired) electrons. The highest BCUT2D eigenvalue weighted by Crippen LogP contribution is 2.23. The van der Waals surface area contributed by atoms with Crippen LogP contribution in [0.25, 0.3) is 0 Å². The summed E-state index contributed by atoms with van der Waals surface area (Å²) < 4.78 is 10.00. The monoisotopic (exact) mass is 627 g/mol. The summed E-state index contributed by atoms with van der Waals surface area (Å²) in [5.74, 6) is -1.42. The van der Waals surface area contributed by atoms with Crippen LogP contribution in [0.1, 0.15) is 45.2 Å². The van der Waals surface area contributed by atoms with E-state index in [9.17, 15) is 19.5 Å². The van der Waals surface area contributed by atoms with Crippen molar-refractivity contribution in [2.75, 3.05) is 31.6 Å². The number of hydrazone groups is 1. The summed E-state index contributed by atoms with van der Waals surface area (Å²) in [6.07, 6.45) is 1.28. The molecule has 236 valence electrons. The number of benzene rings is 2. The number of carbonyl (C=O) groups is 3.